The largest absolute Gasteiger partial charge is 0.387 e. The highest BCUT2D eigenvalue weighted by Gasteiger charge is 2.27. The first-order valence-electron chi connectivity index (χ1n) is 8.86. The number of halogens is 1. The SMILES string of the molecule is CC(C)Nc1c(C(=O)NCC(F)C(C)(C)O)cnc2cc(-c3nccs3)nn12. The van der Waals surface area contributed by atoms with Crippen LogP contribution in [-0.2, 0) is 0 Å². The van der Waals surface area contributed by atoms with Crippen molar-refractivity contribution in [3.63, 3.8) is 0 Å². The van der Waals surface area contributed by atoms with Crippen LogP contribution in [0, 0.1) is 0 Å². The van der Waals surface area contributed by atoms with Gasteiger partial charge in [-0.3, -0.25) is 4.79 Å². The number of fused-ring (bicyclic) bond motifs is 1. The van der Waals surface area contributed by atoms with Gasteiger partial charge >= 0.3 is 0 Å². The summed E-state index contributed by atoms with van der Waals surface area (Å²) >= 11 is 1.46. The lowest BCUT2D eigenvalue weighted by molar-refractivity contribution is -0.00177. The first kappa shape index (κ1) is 20.2. The maximum atomic E-state index is 14.0. The summed E-state index contributed by atoms with van der Waals surface area (Å²) in [7, 11) is 0. The van der Waals surface area contributed by atoms with Crippen molar-refractivity contribution in [1.82, 2.24) is 24.9 Å². The zero-order valence-corrected chi connectivity index (χ0v) is 16.9. The van der Waals surface area contributed by atoms with Crippen molar-refractivity contribution in [3.8, 4) is 10.7 Å². The van der Waals surface area contributed by atoms with Crippen LogP contribution >= 0.6 is 11.3 Å². The van der Waals surface area contributed by atoms with Gasteiger partial charge in [-0.25, -0.2) is 14.4 Å². The van der Waals surface area contributed by atoms with Crippen LogP contribution in [0.4, 0.5) is 10.2 Å². The van der Waals surface area contributed by atoms with E-state index in [0.717, 1.165) is 5.01 Å². The Morgan fingerprint density at radius 2 is 2.14 bits per heavy atom. The molecule has 0 aromatic carbocycles. The molecule has 150 valence electrons. The first-order valence-corrected chi connectivity index (χ1v) is 9.74. The summed E-state index contributed by atoms with van der Waals surface area (Å²) in [5.74, 6) is -0.0466. The molecule has 3 N–H and O–H groups in total. The highest BCUT2D eigenvalue weighted by atomic mass is 32.1. The molecular formula is C18H23FN6O2S. The van der Waals surface area contributed by atoms with Crippen molar-refractivity contribution in [2.75, 3.05) is 11.9 Å². The second kappa shape index (κ2) is 7.80. The zero-order valence-electron chi connectivity index (χ0n) is 16.1. The van der Waals surface area contributed by atoms with E-state index in [1.54, 1.807) is 16.8 Å². The molecule has 0 aliphatic rings. The lowest BCUT2D eigenvalue weighted by Gasteiger charge is -2.22. The van der Waals surface area contributed by atoms with Crippen LogP contribution in [0.5, 0.6) is 0 Å². The summed E-state index contributed by atoms with van der Waals surface area (Å²) in [4.78, 5) is 21.2. The third-order valence-electron chi connectivity index (χ3n) is 4.01. The molecule has 1 atom stereocenters. The Kier molecular flexibility index (Phi) is 5.61. The predicted molar refractivity (Wildman–Crippen MR) is 106 cm³/mol. The van der Waals surface area contributed by atoms with E-state index in [2.05, 4.69) is 25.7 Å². The third-order valence-corrected chi connectivity index (χ3v) is 4.81. The van der Waals surface area contributed by atoms with Crippen LogP contribution in [0.1, 0.15) is 38.1 Å². The van der Waals surface area contributed by atoms with Crippen LogP contribution in [0.2, 0.25) is 0 Å². The van der Waals surface area contributed by atoms with Gasteiger partial charge in [-0.1, -0.05) is 0 Å². The molecule has 1 amide bonds. The van der Waals surface area contributed by atoms with Gasteiger partial charge in [0.25, 0.3) is 5.91 Å². The Morgan fingerprint density at radius 3 is 2.75 bits per heavy atom. The minimum Gasteiger partial charge on any atom is -0.387 e. The van der Waals surface area contributed by atoms with E-state index in [-0.39, 0.29) is 18.2 Å². The lowest BCUT2D eigenvalue weighted by atomic mass is 10.0. The van der Waals surface area contributed by atoms with Gasteiger partial charge < -0.3 is 15.7 Å². The average molecular weight is 406 g/mol. The highest BCUT2D eigenvalue weighted by Crippen LogP contribution is 2.25. The summed E-state index contributed by atoms with van der Waals surface area (Å²) in [6, 6.07) is 1.81. The average Bonchev–Trinajstić information content (AvgIpc) is 3.27. The van der Waals surface area contributed by atoms with E-state index >= 15 is 0 Å². The number of carbonyl (C=O) groups is 1. The van der Waals surface area contributed by atoms with E-state index in [9.17, 15) is 14.3 Å². The molecule has 0 radical (unpaired) electrons. The summed E-state index contributed by atoms with van der Waals surface area (Å²) < 4.78 is 15.5. The van der Waals surface area contributed by atoms with Gasteiger partial charge in [-0.05, 0) is 27.7 Å². The lowest BCUT2D eigenvalue weighted by Crippen LogP contribution is -2.42. The molecule has 3 aromatic heterocycles. The molecule has 1 unspecified atom stereocenters. The Labute approximate surface area is 165 Å². The molecule has 3 rings (SSSR count). The molecule has 28 heavy (non-hydrogen) atoms. The van der Waals surface area contributed by atoms with Crippen LogP contribution in [0.25, 0.3) is 16.3 Å². The molecule has 0 bridgehead atoms. The second-order valence-electron chi connectivity index (χ2n) is 7.29. The number of anilines is 1. The maximum Gasteiger partial charge on any atom is 0.256 e. The van der Waals surface area contributed by atoms with Crippen LogP contribution in [0.15, 0.2) is 23.8 Å². The standard InChI is InChI=1S/C18H23FN6O2S/c1-10(2)23-15-11(16(26)22-9-13(19)18(3,4)27)8-21-14-7-12(24-25(14)15)17-20-5-6-28-17/h5-8,10,13,23,27H,9H2,1-4H3,(H,22,26). The van der Waals surface area contributed by atoms with Crippen LogP contribution < -0.4 is 10.6 Å². The predicted octanol–water partition coefficient (Wildman–Crippen LogP) is 2.51. The number of aromatic nitrogens is 4. The van der Waals surface area contributed by atoms with E-state index in [0.29, 0.717) is 17.2 Å². The molecule has 0 saturated heterocycles. The quantitative estimate of drug-likeness (QED) is 0.557. The van der Waals surface area contributed by atoms with Crippen molar-refractivity contribution in [2.45, 2.75) is 45.5 Å². The summed E-state index contributed by atoms with van der Waals surface area (Å²) in [6.45, 7) is 6.27. The van der Waals surface area contributed by atoms with Crippen molar-refractivity contribution >= 4 is 28.7 Å². The van der Waals surface area contributed by atoms with Crippen molar-refractivity contribution in [1.29, 1.82) is 0 Å². The van der Waals surface area contributed by atoms with E-state index < -0.39 is 17.7 Å². The van der Waals surface area contributed by atoms with E-state index in [1.807, 2.05) is 19.2 Å². The topological polar surface area (TPSA) is 104 Å². The number of thiazole rings is 1. The Bertz CT molecular complexity index is 965. The van der Waals surface area contributed by atoms with E-state index in [4.69, 9.17) is 0 Å². The first-order chi connectivity index (χ1) is 13.2. The van der Waals surface area contributed by atoms with Crippen LogP contribution in [0.3, 0.4) is 0 Å². The molecule has 10 heteroatoms. The number of aliphatic hydroxyl groups is 1. The molecule has 8 nitrogen and oxygen atoms in total. The normalized spacial score (nSPS) is 13.1. The number of rotatable bonds is 7. The monoisotopic (exact) mass is 406 g/mol. The number of nitrogens with one attached hydrogen (secondary N) is 2. The minimum atomic E-state index is -1.60. The van der Waals surface area contributed by atoms with Gasteiger partial charge in [0.15, 0.2) is 5.65 Å². The smallest absolute Gasteiger partial charge is 0.256 e. The number of alkyl halides is 1. The van der Waals surface area contributed by atoms with Crippen molar-refractivity contribution in [3.05, 3.63) is 29.4 Å². The third kappa shape index (κ3) is 4.28. The minimum absolute atomic E-state index is 0.0231. The van der Waals surface area contributed by atoms with Gasteiger partial charge in [-0.15, -0.1) is 11.3 Å². The molecule has 0 saturated carbocycles. The second-order valence-corrected chi connectivity index (χ2v) is 8.18. The van der Waals surface area contributed by atoms with E-state index in [1.165, 1.54) is 31.4 Å². The number of amides is 1. The Balaban J connectivity index is 1.96. The van der Waals surface area contributed by atoms with Gasteiger partial charge in [0.1, 0.15) is 28.3 Å². The maximum absolute atomic E-state index is 14.0. The molecular weight excluding hydrogens is 383 g/mol. The summed E-state index contributed by atoms with van der Waals surface area (Å²) in [5.41, 5.74) is -0.0977. The fourth-order valence-corrected chi connectivity index (χ4v) is 3.09. The summed E-state index contributed by atoms with van der Waals surface area (Å²) in [6.07, 6.45) is 1.52. The van der Waals surface area contributed by atoms with Crippen molar-refractivity contribution in [2.24, 2.45) is 0 Å². The number of hydrogen-bond acceptors (Lipinski definition) is 7. The fourth-order valence-electron chi connectivity index (χ4n) is 2.49. The fraction of sp³-hybridized carbons (Fsp3) is 0.444. The van der Waals surface area contributed by atoms with Crippen molar-refractivity contribution < 1.29 is 14.3 Å². The highest BCUT2D eigenvalue weighted by molar-refractivity contribution is 7.13. The molecule has 0 aliphatic heterocycles. The molecule has 0 fully saturated rings. The number of carbonyl (C=O) groups excluding carboxylic acids is 1. The Morgan fingerprint density at radius 1 is 1.39 bits per heavy atom. The molecule has 3 heterocycles. The van der Waals surface area contributed by atoms with Crippen LogP contribution in [-0.4, -0.2) is 55.0 Å². The number of hydrogen-bond donors (Lipinski definition) is 3. The Hall–Kier alpha value is -2.59. The zero-order chi connectivity index (χ0) is 20.5. The van der Waals surface area contributed by atoms with Gasteiger partial charge in [0.2, 0.25) is 0 Å². The van der Waals surface area contributed by atoms with Gasteiger partial charge in [0.05, 0.1) is 12.1 Å². The summed E-state index contributed by atoms with van der Waals surface area (Å²) in [5, 5.41) is 22.6. The van der Waals surface area contributed by atoms with Gasteiger partial charge in [-0.2, -0.15) is 9.61 Å². The molecule has 0 spiro atoms. The molecule has 3 aromatic rings. The number of nitrogens with zero attached hydrogens (tertiary/aromatic N) is 4. The van der Waals surface area contributed by atoms with Gasteiger partial charge in [0, 0.05) is 29.9 Å². The molecule has 0 aliphatic carbocycles.